The molecule has 0 unspecified atom stereocenters. The minimum Gasteiger partial charge on any atom is -0.371 e. The molecule has 0 bridgehead atoms. The number of rotatable bonds is 3. The van der Waals surface area contributed by atoms with Crippen LogP contribution >= 0.6 is 0 Å². The summed E-state index contributed by atoms with van der Waals surface area (Å²) in [6.45, 7) is 3.50. The molecule has 1 saturated heterocycles. The monoisotopic (exact) mass is 387 g/mol. The van der Waals surface area contributed by atoms with E-state index in [0.717, 1.165) is 52.6 Å². The first-order valence-electron chi connectivity index (χ1n) is 9.94. The zero-order valence-corrected chi connectivity index (χ0v) is 16.3. The van der Waals surface area contributed by atoms with E-state index in [9.17, 15) is 4.39 Å². The molecule has 1 aliphatic rings. The first-order valence-corrected chi connectivity index (χ1v) is 9.94. The number of aryl methyl sites for hydroxylation is 1. The van der Waals surface area contributed by atoms with Gasteiger partial charge in [0.2, 0.25) is 0 Å². The Morgan fingerprint density at radius 1 is 0.931 bits per heavy atom. The predicted molar refractivity (Wildman–Crippen MR) is 113 cm³/mol. The van der Waals surface area contributed by atoms with E-state index in [1.807, 2.05) is 31.5 Å². The Hall–Kier alpha value is -3.28. The number of imidazole rings is 1. The largest absolute Gasteiger partial charge is 0.371 e. The summed E-state index contributed by atoms with van der Waals surface area (Å²) in [5.41, 5.74) is 5.91. The zero-order valence-electron chi connectivity index (χ0n) is 16.3. The highest BCUT2D eigenvalue weighted by Crippen LogP contribution is 2.30. The number of benzene rings is 1. The number of halogens is 1. The molecule has 5 nitrogen and oxygen atoms in total. The maximum Gasteiger partial charge on any atom is 0.145 e. The first kappa shape index (κ1) is 17.8. The van der Waals surface area contributed by atoms with E-state index in [0.29, 0.717) is 12.8 Å². The predicted octanol–water partition coefficient (Wildman–Crippen LogP) is 4.73. The Kier molecular flexibility index (Phi) is 4.46. The van der Waals surface area contributed by atoms with Crippen LogP contribution in [-0.4, -0.2) is 38.8 Å². The van der Waals surface area contributed by atoms with Crippen LogP contribution in [-0.2, 0) is 0 Å². The number of alkyl halides is 1. The topological polar surface area (TPSA) is 46.8 Å². The molecular formula is C23H22FN5. The second kappa shape index (κ2) is 7.28. The quantitative estimate of drug-likeness (QED) is 0.510. The number of fused-ring (bicyclic) bond motifs is 1. The molecule has 0 N–H and O–H groups in total. The van der Waals surface area contributed by atoms with Crippen LogP contribution in [0.5, 0.6) is 0 Å². The summed E-state index contributed by atoms with van der Waals surface area (Å²) in [4.78, 5) is 15.9. The van der Waals surface area contributed by atoms with Gasteiger partial charge in [0.25, 0.3) is 0 Å². The zero-order chi connectivity index (χ0) is 19.8. The van der Waals surface area contributed by atoms with Crippen LogP contribution in [0.1, 0.15) is 18.5 Å². The highest BCUT2D eigenvalue weighted by molar-refractivity contribution is 5.82. The molecule has 0 spiro atoms. The van der Waals surface area contributed by atoms with Crippen molar-refractivity contribution in [2.45, 2.75) is 25.9 Å². The molecule has 0 atom stereocenters. The molecule has 3 aromatic heterocycles. The third-order valence-corrected chi connectivity index (χ3v) is 5.53. The normalized spacial score (nSPS) is 15.2. The van der Waals surface area contributed by atoms with E-state index in [4.69, 9.17) is 4.98 Å². The van der Waals surface area contributed by atoms with E-state index in [1.165, 1.54) is 0 Å². The Labute approximate surface area is 168 Å². The summed E-state index contributed by atoms with van der Waals surface area (Å²) < 4.78 is 15.5. The molecule has 1 aliphatic heterocycles. The lowest BCUT2D eigenvalue weighted by Gasteiger charge is -2.30. The van der Waals surface area contributed by atoms with E-state index in [2.05, 4.69) is 49.8 Å². The fourth-order valence-corrected chi connectivity index (χ4v) is 3.90. The number of nitrogens with zero attached hydrogens (tertiary/aromatic N) is 5. The van der Waals surface area contributed by atoms with E-state index < -0.39 is 6.17 Å². The van der Waals surface area contributed by atoms with Crippen LogP contribution < -0.4 is 4.90 Å². The third-order valence-electron chi connectivity index (χ3n) is 5.53. The molecule has 5 rings (SSSR count). The van der Waals surface area contributed by atoms with Gasteiger partial charge in [-0.15, -0.1) is 0 Å². The number of pyridine rings is 2. The molecule has 0 saturated carbocycles. The van der Waals surface area contributed by atoms with Crippen molar-refractivity contribution in [3.05, 3.63) is 66.7 Å². The van der Waals surface area contributed by atoms with Gasteiger partial charge in [-0.3, -0.25) is 14.5 Å². The average Bonchev–Trinajstić information content (AvgIpc) is 3.15. The van der Waals surface area contributed by atoms with Gasteiger partial charge in [-0.05, 0) is 62.2 Å². The van der Waals surface area contributed by atoms with Crippen molar-refractivity contribution < 1.29 is 4.39 Å². The van der Waals surface area contributed by atoms with Gasteiger partial charge in [-0.2, -0.15) is 0 Å². The summed E-state index contributed by atoms with van der Waals surface area (Å²) in [7, 11) is 0. The Bertz CT molecular complexity index is 1130. The molecule has 1 fully saturated rings. The van der Waals surface area contributed by atoms with Crippen molar-refractivity contribution in [2.75, 3.05) is 18.0 Å². The van der Waals surface area contributed by atoms with Crippen molar-refractivity contribution in [3.8, 4) is 17.1 Å². The van der Waals surface area contributed by atoms with Crippen molar-refractivity contribution in [1.29, 1.82) is 0 Å². The molecule has 0 amide bonds. The SMILES string of the molecule is Cc1ccc(-n2c(-c3ccc(N4CCC(F)CC4)cc3)nc3ccncc32)cn1. The van der Waals surface area contributed by atoms with Gasteiger partial charge in [-0.1, -0.05) is 0 Å². The first-order chi connectivity index (χ1) is 14.2. The standard InChI is InChI=1S/C23H22FN5/c1-16-2-5-20(14-26-16)29-22-15-25-11-8-21(22)27-23(29)17-3-6-19(7-4-17)28-12-9-18(24)10-13-28/h2-8,11,14-15,18H,9-10,12-13H2,1H3. The van der Waals surface area contributed by atoms with Gasteiger partial charge in [0.1, 0.15) is 12.0 Å². The summed E-state index contributed by atoms with van der Waals surface area (Å²) in [5.74, 6) is 0.854. The smallest absolute Gasteiger partial charge is 0.145 e. The van der Waals surface area contributed by atoms with Crippen LogP contribution in [0.4, 0.5) is 10.1 Å². The lowest BCUT2D eigenvalue weighted by Crippen LogP contribution is -2.34. The molecule has 4 heterocycles. The maximum absolute atomic E-state index is 13.4. The lowest BCUT2D eigenvalue weighted by atomic mass is 10.1. The number of aromatic nitrogens is 4. The van der Waals surface area contributed by atoms with Gasteiger partial charge in [0.15, 0.2) is 0 Å². The molecule has 0 radical (unpaired) electrons. The van der Waals surface area contributed by atoms with Crippen molar-refractivity contribution in [1.82, 2.24) is 19.5 Å². The highest BCUT2D eigenvalue weighted by Gasteiger charge is 2.19. The minimum absolute atomic E-state index is 0.602. The maximum atomic E-state index is 13.4. The Morgan fingerprint density at radius 3 is 2.41 bits per heavy atom. The van der Waals surface area contributed by atoms with Crippen molar-refractivity contribution in [2.24, 2.45) is 0 Å². The number of hydrogen-bond acceptors (Lipinski definition) is 4. The number of piperidine rings is 1. The van der Waals surface area contributed by atoms with Crippen LogP contribution in [0, 0.1) is 6.92 Å². The van der Waals surface area contributed by atoms with E-state index in [-0.39, 0.29) is 0 Å². The molecule has 0 aliphatic carbocycles. The summed E-state index contributed by atoms with van der Waals surface area (Å²) in [5, 5.41) is 0. The molecule has 6 heteroatoms. The highest BCUT2D eigenvalue weighted by atomic mass is 19.1. The van der Waals surface area contributed by atoms with Crippen LogP contribution in [0.15, 0.2) is 61.1 Å². The van der Waals surface area contributed by atoms with Crippen LogP contribution in [0.3, 0.4) is 0 Å². The molecule has 146 valence electrons. The molecule has 29 heavy (non-hydrogen) atoms. The summed E-state index contributed by atoms with van der Waals surface area (Å²) >= 11 is 0. The fraction of sp³-hybridized carbons (Fsp3) is 0.261. The average molecular weight is 387 g/mol. The Morgan fingerprint density at radius 2 is 1.69 bits per heavy atom. The second-order valence-electron chi connectivity index (χ2n) is 7.50. The Balaban J connectivity index is 1.56. The van der Waals surface area contributed by atoms with Crippen molar-refractivity contribution >= 4 is 16.7 Å². The summed E-state index contributed by atoms with van der Waals surface area (Å²) in [6, 6.07) is 14.3. The van der Waals surface area contributed by atoms with Crippen molar-refractivity contribution in [3.63, 3.8) is 0 Å². The van der Waals surface area contributed by atoms with Gasteiger partial charge >= 0.3 is 0 Å². The molecule has 4 aromatic rings. The van der Waals surface area contributed by atoms with E-state index >= 15 is 0 Å². The molecule has 1 aromatic carbocycles. The van der Waals surface area contributed by atoms with Gasteiger partial charge in [0.05, 0.1) is 29.1 Å². The van der Waals surface area contributed by atoms with Gasteiger partial charge < -0.3 is 4.90 Å². The summed E-state index contributed by atoms with van der Waals surface area (Å²) in [6.07, 6.45) is 6.00. The second-order valence-corrected chi connectivity index (χ2v) is 7.50. The lowest BCUT2D eigenvalue weighted by molar-refractivity contribution is 0.277. The number of anilines is 1. The van der Waals surface area contributed by atoms with Gasteiger partial charge in [-0.25, -0.2) is 9.37 Å². The van der Waals surface area contributed by atoms with Gasteiger partial charge in [0, 0.05) is 36.2 Å². The van der Waals surface area contributed by atoms with E-state index in [1.54, 1.807) is 6.20 Å². The molecular weight excluding hydrogens is 365 g/mol. The number of hydrogen-bond donors (Lipinski definition) is 0. The third kappa shape index (κ3) is 3.35. The van der Waals surface area contributed by atoms with Crippen LogP contribution in [0.2, 0.25) is 0 Å². The fourth-order valence-electron chi connectivity index (χ4n) is 3.90. The van der Waals surface area contributed by atoms with Crippen LogP contribution in [0.25, 0.3) is 28.1 Å². The minimum atomic E-state index is -0.665.